The van der Waals surface area contributed by atoms with E-state index in [9.17, 15) is 22.4 Å². The van der Waals surface area contributed by atoms with E-state index in [-0.39, 0.29) is 23.8 Å². The van der Waals surface area contributed by atoms with Gasteiger partial charge in [-0.2, -0.15) is 0 Å². The zero-order valence-electron chi connectivity index (χ0n) is 15.2. The molecule has 0 bridgehead atoms. The smallest absolute Gasteiger partial charge is 0.240 e. The Hall–Kier alpha value is -2.78. The minimum atomic E-state index is -3.79. The summed E-state index contributed by atoms with van der Waals surface area (Å²) in [5.74, 6) is -0.991. The minimum absolute atomic E-state index is 0.0854. The molecule has 0 atom stereocenters. The maximum absolute atomic E-state index is 13.1. The molecule has 2 amide bonds. The maximum Gasteiger partial charge on any atom is 0.240 e. The van der Waals surface area contributed by atoms with Crippen LogP contribution < -0.4 is 14.9 Å². The van der Waals surface area contributed by atoms with Gasteiger partial charge in [-0.15, -0.1) is 0 Å². The van der Waals surface area contributed by atoms with Gasteiger partial charge in [-0.05, 0) is 48.4 Å². The number of hydrogen-bond acceptors (Lipinski definition) is 4. The number of carbonyl (C=O) groups is 2. The molecule has 1 heterocycles. The first-order valence-corrected chi connectivity index (χ1v) is 10.2. The third-order valence-corrected chi connectivity index (χ3v) is 5.85. The molecule has 0 aliphatic carbocycles. The van der Waals surface area contributed by atoms with E-state index in [0.29, 0.717) is 18.7 Å². The van der Waals surface area contributed by atoms with Gasteiger partial charge in [0, 0.05) is 37.8 Å². The van der Waals surface area contributed by atoms with E-state index in [2.05, 4.69) is 10.0 Å². The monoisotopic (exact) mass is 405 g/mol. The summed E-state index contributed by atoms with van der Waals surface area (Å²) in [5.41, 5.74) is 1.82. The standard InChI is InChI=1S/C19H20FN3O4S/c1-13(24)23-10-8-14-11-17(5-6-18(14)23)28(26,27)21-9-7-19(25)22-16-4-2-3-15(20)12-16/h2-6,11-12,21H,7-10H2,1H3,(H,22,25). The summed E-state index contributed by atoms with van der Waals surface area (Å²) < 4.78 is 40.4. The Morgan fingerprint density at radius 1 is 1.18 bits per heavy atom. The number of rotatable bonds is 6. The van der Waals surface area contributed by atoms with Crippen LogP contribution in [0.15, 0.2) is 47.4 Å². The lowest BCUT2D eigenvalue weighted by molar-refractivity contribution is -0.117. The molecule has 0 aromatic heterocycles. The summed E-state index contributed by atoms with van der Waals surface area (Å²) in [4.78, 5) is 25.2. The molecule has 2 aromatic rings. The Morgan fingerprint density at radius 3 is 2.68 bits per heavy atom. The van der Waals surface area contributed by atoms with Crippen LogP contribution in [0, 0.1) is 5.82 Å². The normalized spacial score (nSPS) is 13.3. The van der Waals surface area contributed by atoms with Crippen LogP contribution in [0.4, 0.5) is 15.8 Å². The number of halogens is 1. The van der Waals surface area contributed by atoms with Gasteiger partial charge in [0.2, 0.25) is 21.8 Å². The highest BCUT2D eigenvalue weighted by atomic mass is 32.2. The average molecular weight is 405 g/mol. The highest BCUT2D eigenvalue weighted by Crippen LogP contribution is 2.30. The lowest BCUT2D eigenvalue weighted by Crippen LogP contribution is -2.28. The van der Waals surface area contributed by atoms with E-state index < -0.39 is 21.7 Å². The van der Waals surface area contributed by atoms with Crippen LogP contribution in [0.2, 0.25) is 0 Å². The SMILES string of the molecule is CC(=O)N1CCc2cc(S(=O)(=O)NCCC(=O)Nc3cccc(F)c3)ccc21. The number of nitrogens with zero attached hydrogens (tertiary/aromatic N) is 1. The van der Waals surface area contributed by atoms with E-state index in [1.807, 2.05) is 0 Å². The van der Waals surface area contributed by atoms with Gasteiger partial charge in [-0.1, -0.05) is 6.07 Å². The molecule has 0 saturated carbocycles. The van der Waals surface area contributed by atoms with Gasteiger partial charge in [0.1, 0.15) is 5.82 Å². The molecule has 0 spiro atoms. The van der Waals surface area contributed by atoms with Crippen molar-refractivity contribution in [3.05, 3.63) is 53.8 Å². The van der Waals surface area contributed by atoms with Gasteiger partial charge in [-0.25, -0.2) is 17.5 Å². The molecular weight excluding hydrogens is 385 g/mol. The zero-order chi connectivity index (χ0) is 20.3. The number of carbonyl (C=O) groups excluding carboxylic acids is 2. The molecule has 1 aliphatic rings. The third-order valence-electron chi connectivity index (χ3n) is 4.39. The van der Waals surface area contributed by atoms with Crippen LogP contribution in [-0.4, -0.2) is 33.3 Å². The van der Waals surface area contributed by atoms with Gasteiger partial charge in [0.15, 0.2) is 0 Å². The lowest BCUT2D eigenvalue weighted by atomic mass is 10.2. The van der Waals surface area contributed by atoms with E-state index in [0.717, 1.165) is 11.3 Å². The van der Waals surface area contributed by atoms with Crippen LogP contribution in [-0.2, 0) is 26.0 Å². The van der Waals surface area contributed by atoms with Crippen LogP contribution >= 0.6 is 0 Å². The Morgan fingerprint density at radius 2 is 1.96 bits per heavy atom. The molecular formula is C19H20FN3O4S. The Balaban J connectivity index is 1.58. The third kappa shape index (κ3) is 4.55. The van der Waals surface area contributed by atoms with E-state index in [1.165, 1.54) is 31.2 Å². The molecule has 0 radical (unpaired) electrons. The molecule has 148 valence electrons. The first-order chi connectivity index (χ1) is 13.3. The molecule has 3 rings (SSSR count). The number of hydrogen-bond donors (Lipinski definition) is 2. The number of nitrogens with one attached hydrogen (secondary N) is 2. The second kappa shape index (κ2) is 8.07. The quantitative estimate of drug-likeness (QED) is 0.769. The molecule has 0 fully saturated rings. The molecule has 0 unspecified atom stereocenters. The number of fused-ring (bicyclic) bond motifs is 1. The van der Waals surface area contributed by atoms with E-state index in [1.54, 1.807) is 23.1 Å². The molecule has 2 aromatic carbocycles. The van der Waals surface area contributed by atoms with Crippen molar-refractivity contribution in [1.82, 2.24) is 4.72 Å². The zero-order valence-corrected chi connectivity index (χ0v) is 16.1. The summed E-state index contributed by atoms with van der Waals surface area (Å²) >= 11 is 0. The summed E-state index contributed by atoms with van der Waals surface area (Å²) in [6.07, 6.45) is 0.493. The van der Waals surface area contributed by atoms with Crippen LogP contribution in [0.1, 0.15) is 18.9 Å². The largest absolute Gasteiger partial charge is 0.326 e. The van der Waals surface area contributed by atoms with Gasteiger partial charge >= 0.3 is 0 Å². The topological polar surface area (TPSA) is 95.6 Å². The van der Waals surface area contributed by atoms with Crippen molar-refractivity contribution >= 4 is 33.2 Å². The number of anilines is 2. The summed E-state index contributed by atoms with van der Waals surface area (Å²) in [6.45, 7) is 1.90. The Kier molecular flexibility index (Phi) is 5.76. The van der Waals surface area contributed by atoms with Crippen molar-refractivity contribution < 1.29 is 22.4 Å². The molecule has 28 heavy (non-hydrogen) atoms. The lowest BCUT2D eigenvalue weighted by Gasteiger charge is -2.15. The molecule has 7 nitrogen and oxygen atoms in total. The number of amides is 2. The van der Waals surface area contributed by atoms with Crippen LogP contribution in [0.5, 0.6) is 0 Å². The van der Waals surface area contributed by atoms with E-state index in [4.69, 9.17) is 0 Å². The minimum Gasteiger partial charge on any atom is -0.326 e. The van der Waals surface area contributed by atoms with Crippen molar-refractivity contribution in [2.24, 2.45) is 0 Å². The fourth-order valence-electron chi connectivity index (χ4n) is 3.04. The maximum atomic E-state index is 13.1. The second-order valence-electron chi connectivity index (χ2n) is 6.42. The van der Waals surface area contributed by atoms with Crippen molar-refractivity contribution in [2.75, 3.05) is 23.3 Å². The average Bonchev–Trinajstić information content (AvgIpc) is 3.05. The molecule has 9 heteroatoms. The first kappa shape index (κ1) is 20.0. The molecule has 2 N–H and O–H groups in total. The highest BCUT2D eigenvalue weighted by Gasteiger charge is 2.24. The predicted octanol–water partition coefficient (Wildman–Crippen LogP) is 2.04. The van der Waals surface area contributed by atoms with Crippen molar-refractivity contribution in [2.45, 2.75) is 24.7 Å². The highest BCUT2D eigenvalue weighted by molar-refractivity contribution is 7.89. The fourth-order valence-corrected chi connectivity index (χ4v) is 4.13. The molecule has 1 aliphatic heterocycles. The summed E-state index contributed by atoms with van der Waals surface area (Å²) in [5, 5.41) is 2.51. The van der Waals surface area contributed by atoms with Gasteiger partial charge < -0.3 is 10.2 Å². The fraction of sp³-hybridized carbons (Fsp3) is 0.263. The van der Waals surface area contributed by atoms with Gasteiger partial charge in [-0.3, -0.25) is 9.59 Å². The predicted molar refractivity (Wildman–Crippen MR) is 103 cm³/mol. The van der Waals surface area contributed by atoms with Crippen molar-refractivity contribution in [3.63, 3.8) is 0 Å². The second-order valence-corrected chi connectivity index (χ2v) is 8.18. The van der Waals surface area contributed by atoms with Crippen molar-refractivity contribution in [3.8, 4) is 0 Å². The van der Waals surface area contributed by atoms with Crippen molar-refractivity contribution in [1.29, 1.82) is 0 Å². The van der Waals surface area contributed by atoms with Gasteiger partial charge in [0.25, 0.3) is 0 Å². The van der Waals surface area contributed by atoms with Crippen LogP contribution in [0.3, 0.4) is 0 Å². The number of benzene rings is 2. The summed E-state index contributed by atoms with van der Waals surface area (Å²) in [7, 11) is -3.79. The summed E-state index contributed by atoms with van der Waals surface area (Å²) in [6, 6.07) is 10.1. The molecule has 0 saturated heterocycles. The number of sulfonamides is 1. The first-order valence-electron chi connectivity index (χ1n) is 8.72. The Labute approximate surface area is 162 Å². The van der Waals surface area contributed by atoms with Crippen LogP contribution in [0.25, 0.3) is 0 Å². The van der Waals surface area contributed by atoms with Gasteiger partial charge in [0.05, 0.1) is 4.90 Å². The van der Waals surface area contributed by atoms with E-state index >= 15 is 0 Å². The Bertz CT molecular complexity index is 1020.